The van der Waals surface area contributed by atoms with Crippen LogP contribution in [0.5, 0.6) is 0 Å². The van der Waals surface area contributed by atoms with Gasteiger partial charge in [0.2, 0.25) is 5.91 Å². The van der Waals surface area contributed by atoms with E-state index in [0.29, 0.717) is 12.4 Å². The molecule has 6 nitrogen and oxygen atoms in total. The molecule has 3 aromatic rings. The monoisotopic (exact) mass is 351 g/mol. The standard InChI is InChI=1S/C18H17N5OS/c1-12-2-4-14-7-16(25-15(14)6-12)18(24)21-9-13-3-5-17(20-8-13)23-11-19-10-22-23/h2-6,8,10-11,16H,7,9H2,1H3,(H,21,24)/t16-/m1/s1. The Bertz CT molecular complexity index is 892. The molecule has 4 rings (SSSR count). The minimum atomic E-state index is -0.0563. The highest BCUT2D eigenvalue weighted by atomic mass is 32.2. The number of carbonyl (C=O) groups excluding carboxylic acids is 1. The summed E-state index contributed by atoms with van der Waals surface area (Å²) in [6.07, 6.45) is 5.60. The maximum absolute atomic E-state index is 12.5. The summed E-state index contributed by atoms with van der Waals surface area (Å²) in [4.78, 5) is 21.9. The van der Waals surface area contributed by atoms with Gasteiger partial charge in [-0.15, -0.1) is 11.8 Å². The summed E-state index contributed by atoms with van der Waals surface area (Å²) < 4.78 is 1.59. The van der Waals surface area contributed by atoms with Crippen LogP contribution in [0.15, 0.2) is 54.1 Å². The quantitative estimate of drug-likeness (QED) is 0.781. The van der Waals surface area contributed by atoms with Crippen molar-refractivity contribution in [2.24, 2.45) is 0 Å². The van der Waals surface area contributed by atoms with E-state index in [1.54, 1.807) is 29.0 Å². The Balaban J connectivity index is 1.35. The predicted octanol–water partition coefficient (Wildman–Crippen LogP) is 2.30. The molecule has 0 unspecified atom stereocenters. The smallest absolute Gasteiger partial charge is 0.234 e. The number of amides is 1. The zero-order chi connectivity index (χ0) is 17.2. The van der Waals surface area contributed by atoms with Crippen LogP contribution in [-0.2, 0) is 17.8 Å². The average molecular weight is 351 g/mol. The van der Waals surface area contributed by atoms with Gasteiger partial charge in [0.1, 0.15) is 12.7 Å². The number of benzene rings is 1. The molecular weight excluding hydrogens is 334 g/mol. The average Bonchev–Trinajstić information content (AvgIpc) is 3.29. The third-order valence-electron chi connectivity index (χ3n) is 4.12. The molecule has 1 aliphatic rings. The van der Waals surface area contributed by atoms with Crippen LogP contribution in [0.4, 0.5) is 0 Å². The highest BCUT2D eigenvalue weighted by molar-refractivity contribution is 8.01. The number of nitrogens with one attached hydrogen (secondary N) is 1. The molecular formula is C18H17N5OS. The van der Waals surface area contributed by atoms with Crippen molar-refractivity contribution >= 4 is 17.7 Å². The summed E-state index contributed by atoms with van der Waals surface area (Å²) >= 11 is 1.65. The van der Waals surface area contributed by atoms with Gasteiger partial charge in [0.25, 0.3) is 0 Å². The van der Waals surface area contributed by atoms with Crippen LogP contribution in [0.3, 0.4) is 0 Å². The second kappa shape index (κ2) is 6.68. The summed E-state index contributed by atoms with van der Waals surface area (Å²) in [6, 6.07) is 10.2. The lowest BCUT2D eigenvalue weighted by Gasteiger charge is -2.10. The maximum atomic E-state index is 12.5. The van der Waals surface area contributed by atoms with E-state index in [2.05, 4.69) is 45.5 Å². The molecule has 126 valence electrons. The minimum Gasteiger partial charge on any atom is -0.351 e. The van der Waals surface area contributed by atoms with Gasteiger partial charge in [0.05, 0.1) is 5.25 Å². The highest BCUT2D eigenvalue weighted by Gasteiger charge is 2.28. The van der Waals surface area contributed by atoms with Crippen molar-refractivity contribution in [1.82, 2.24) is 25.1 Å². The molecule has 0 fully saturated rings. The predicted molar refractivity (Wildman–Crippen MR) is 95.5 cm³/mol. The van der Waals surface area contributed by atoms with Gasteiger partial charge in [-0.05, 0) is 36.6 Å². The Labute approximate surface area is 149 Å². The second-order valence-electron chi connectivity index (χ2n) is 6.00. The summed E-state index contributed by atoms with van der Waals surface area (Å²) in [6.45, 7) is 2.54. The van der Waals surface area contributed by atoms with Gasteiger partial charge in [0, 0.05) is 17.6 Å². The fraction of sp³-hybridized carbons (Fsp3) is 0.222. The number of hydrogen-bond donors (Lipinski definition) is 1. The molecule has 0 saturated heterocycles. The first-order chi connectivity index (χ1) is 12.2. The topological polar surface area (TPSA) is 72.7 Å². The molecule has 1 aliphatic heterocycles. The highest BCUT2D eigenvalue weighted by Crippen LogP contribution is 2.37. The van der Waals surface area contributed by atoms with E-state index in [9.17, 15) is 4.79 Å². The zero-order valence-electron chi connectivity index (χ0n) is 13.7. The molecule has 1 N–H and O–H groups in total. The van der Waals surface area contributed by atoms with Crippen molar-refractivity contribution in [2.45, 2.75) is 30.0 Å². The third kappa shape index (κ3) is 3.41. The van der Waals surface area contributed by atoms with Crippen molar-refractivity contribution in [3.8, 4) is 5.82 Å². The lowest BCUT2D eigenvalue weighted by atomic mass is 10.1. The van der Waals surface area contributed by atoms with Crippen molar-refractivity contribution in [2.75, 3.05) is 0 Å². The van der Waals surface area contributed by atoms with E-state index < -0.39 is 0 Å². The first-order valence-electron chi connectivity index (χ1n) is 8.03. The molecule has 0 radical (unpaired) electrons. The number of rotatable bonds is 4. The van der Waals surface area contributed by atoms with Crippen LogP contribution in [0.1, 0.15) is 16.7 Å². The number of aromatic nitrogens is 4. The minimum absolute atomic E-state index is 0.0563. The number of pyridine rings is 1. The first-order valence-corrected chi connectivity index (χ1v) is 8.91. The molecule has 0 spiro atoms. The van der Waals surface area contributed by atoms with Gasteiger partial charge in [-0.2, -0.15) is 5.10 Å². The van der Waals surface area contributed by atoms with Gasteiger partial charge in [-0.25, -0.2) is 14.6 Å². The van der Waals surface area contributed by atoms with E-state index in [0.717, 1.165) is 12.0 Å². The van der Waals surface area contributed by atoms with Crippen molar-refractivity contribution < 1.29 is 4.79 Å². The molecule has 1 amide bonds. The van der Waals surface area contributed by atoms with Gasteiger partial charge < -0.3 is 5.32 Å². The maximum Gasteiger partial charge on any atom is 0.234 e. The number of aryl methyl sites for hydroxylation is 1. The molecule has 0 bridgehead atoms. The van der Waals surface area contributed by atoms with E-state index in [4.69, 9.17) is 0 Å². The van der Waals surface area contributed by atoms with Gasteiger partial charge in [-0.1, -0.05) is 23.8 Å². The van der Waals surface area contributed by atoms with Crippen LogP contribution >= 0.6 is 11.8 Å². The Morgan fingerprint density at radius 3 is 3.04 bits per heavy atom. The summed E-state index contributed by atoms with van der Waals surface area (Å²) in [5.41, 5.74) is 3.44. The lowest BCUT2D eigenvalue weighted by Crippen LogP contribution is -2.32. The molecule has 0 saturated carbocycles. The number of hydrogen-bond acceptors (Lipinski definition) is 5. The van der Waals surface area contributed by atoms with Crippen LogP contribution in [0.2, 0.25) is 0 Å². The third-order valence-corrected chi connectivity index (χ3v) is 5.42. The van der Waals surface area contributed by atoms with Crippen molar-refractivity contribution in [3.63, 3.8) is 0 Å². The van der Waals surface area contributed by atoms with E-state index in [1.807, 2.05) is 12.1 Å². The van der Waals surface area contributed by atoms with Crippen molar-refractivity contribution in [1.29, 1.82) is 0 Å². The molecule has 0 aliphatic carbocycles. The van der Waals surface area contributed by atoms with Crippen LogP contribution in [0, 0.1) is 6.92 Å². The molecule has 1 aromatic carbocycles. The molecule has 1 atom stereocenters. The van der Waals surface area contributed by atoms with E-state index in [1.165, 1.54) is 22.3 Å². The lowest BCUT2D eigenvalue weighted by molar-refractivity contribution is -0.120. The Morgan fingerprint density at radius 2 is 2.28 bits per heavy atom. The van der Waals surface area contributed by atoms with Gasteiger partial charge in [-0.3, -0.25) is 4.79 Å². The van der Waals surface area contributed by atoms with Crippen molar-refractivity contribution in [3.05, 3.63) is 65.9 Å². The number of fused-ring (bicyclic) bond motifs is 1. The summed E-state index contributed by atoms with van der Waals surface area (Å²) in [7, 11) is 0. The Hall–Kier alpha value is -2.67. The van der Waals surface area contributed by atoms with Crippen LogP contribution < -0.4 is 5.32 Å². The van der Waals surface area contributed by atoms with Crippen LogP contribution in [0.25, 0.3) is 5.82 Å². The fourth-order valence-electron chi connectivity index (χ4n) is 2.77. The van der Waals surface area contributed by atoms with Gasteiger partial charge in [0.15, 0.2) is 5.82 Å². The molecule has 2 aromatic heterocycles. The number of thioether (sulfide) groups is 1. The molecule has 25 heavy (non-hydrogen) atoms. The zero-order valence-corrected chi connectivity index (χ0v) is 14.5. The Kier molecular flexibility index (Phi) is 4.23. The number of carbonyl (C=O) groups is 1. The summed E-state index contributed by atoms with van der Waals surface area (Å²) in [5.74, 6) is 0.768. The number of nitrogens with zero attached hydrogens (tertiary/aromatic N) is 4. The van der Waals surface area contributed by atoms with Gasteiger partial charge >= 0.3 is 0 Å². The Morgan fingerprint density at radius 1 is 1.36 bits per heavy atom. The van der Waals surface area contributed by atoms with E-state index in [-0.39, 0.29) is 11.2 Å². The summed E-state index contributed by atoms with van der Waals surface area (Å²) in [5, 5.41) is 6.99. The largest absolute Gasteiger partial charge is 0.351 e. The fourth-order valence-corrected chi connectivity index (χ4v) is 4.08. The normalized spacial score (nSPS) is 15.8. The molecule has 3 heterocycles. The molecule has 7 heteroatoms. The van der Waals surface area contributed by atoms with E-state index >= 15 is 0 Å². The first kappa shape index (κ1) is 15.8. The SMILES string of the molecule is Cc1ccc2c(c1)S[C@@H](C(=O)NCc1ccc(-n3cncn3)nc1)C2. The van der Waals surface area contributed by atoms with Crippen LogP contribution in [-0.4, -0.2) is 30.9 Å². The second-order valence-corrected chi connectivity index (χ2v) is 7.25.